The number of rotatable bonds is 5. The van der Waals surface area contributed by atoms with Crippen LogP contribution in [0.2, 0.25) is 0 Å². The maximum atomic E-state index is 4.63. The van der Waals surface area contributed by atoms with Crippen molar-refractivity contribution in [3.63, 3.8) is 0 Å². The van der Waals surface area contributed by atoms with E-state index in [1.807, 2.05) is 13.2 Å². The highest BCUT2D eigenvalue weighted by atomic mass is 15.3. The monoisotopic (exact) mass is 358 g/mol. The Morgan fingerprint density at radius 1 is 1.27 bits per heavy atom. The second-order valence-corrected chi connectivity index (χ2v) is 7.92. The molecule has 2 atom stereocenters. The molecule has 0 aromatic carbocycles. The van der Waals surface area contributed by atoms with E-state index < -0.39 is 0 Å². The second kappa shape index (κ2) is 8.71. The molecule has 2 fully saturated rings. The van der Waals surface area contributed by atoms with Crippen molar-refractivity contribution < 1.29 is 0 Å². The minimum absolute atomic E-state index is 0.444. The van der Waals surface area contributed by atoms with Gasteiger partial charge in [-0.1, -0.05) is 13.0 Å². The summed E-state index contributed by atoms with van der Waals surface area (Å²) in [6, 6.07) is 5.34. The van der Waals surface area contributed by atoms with E-state index in [2.05, 4.69) is 63.3 Å². The van der Waals surface area contributed by atoms with Crippen LogP contribution in [0, 0.1) is 5.92 Å². The molecular weight excluding hydrogens is 324 g/mol. The zero-order valence-corrected chi connectivity index (χ0v) is 16.7. The van der Waals surface area contributed by atoms with Crippen molar-refractivity contribution in [2.75, 3.05) is 38.1 Å². The first-order valence-electron chi connectivity index (χ1n) is 9.98. The highest BCUT2D eigenvalue weighted by molar-refractivity contribution is 5.80. The van der Waals surface area contributed by atoms with Gasteiger partial charge in [-0.15, -0.1) is 0 Å². The SMILES string of the molecule is CN=C(NCc1ccc(N2CCCC2)nc1)NC1CN(C(C)C)CC1C. The molecule has 2 unspecified atom stereocenters. The molecule has 0 amide bonds. The van der Waals surface area contributed by atoms with Crippen LogP contribution in [-0.2, 0) is 6.54 Å². The maximum absolute atomic E-state index is 4.63. The minimum Gasteiger partial charge on any atom is -0.357 e. The lowest BCUT2D eigenvalue weighted by atomic mass is 10.1. The van der Waals surface area contributed by atoms with Crippen LogP contribution in [0.1, 0.15) is 39.2 Å². The molecule has 0 radical (unpaired) electrons. The standard InChI is InChI=1S/C20H34N6/c1-15(2)26-13-16(3)18(14-26)24-20(21-4)23-12-17-7-8-19(22-11-17)25-9-5-6-10-25/h7-8,11,15-16,18H,5-6,9-10,12-14H2,1-4H3,(H2,21,23,24). The minimum atomic E-state index is 0.444. The van der Waals surface area contributed by atoms with Gasteiger partial charge in [0, 0.05) is 58.1 Å². The lowest BCUT2D eigenvalue weighted by Gasteiger charge is -2.22. The highest BCUT2D eigenvalue weighted by Crippen LogP contribution is 2.19. The lowest BCUT2D eigenvalue weighted by Crippen LogP contribution is -2.46. The summed E-state index contributed by atoms with van der Waals surface area (Å²) in [7, 11) is 1.84. The largest absolute Gasteiger partial charge is 0.357 e. The number of guanidine groups is 1. The van der Waals surface area contributed by atoms with Crippen molar-refractivity contribution in [3.05, 3.63) is 23.9 Å². The van der Waals surface area contributed by atoms with Crippen molar-refractivity contribution in [2.24, 2.45) is 10.9 Å². The van der Waals surface area contributed by atoms with Gasteiger partial charge in [0.1, 0.15) is 5.82 Å². The van der Waals surface area contributed by atoms with Gasteiger partial charge >= 0.3 is 0 Å². The third-order valence-electron chi connectivity index (χ3n) is 5.62. The molecule has 2 N–H and O–H groups in total. The third-order valence-corrected chi connectivity index (χ3v) is 5.62. The topological polar surface area (TPSA) is 55.8 Å². The lowest BCUT2D eigenvalue weighted by molar-refractivity contribution is 0.265. The summed E-state index contributed by atoms with van der Waals surface area (Å²) in [6.45, 7) is 12.1. The van der Waals surface area contributed by atoms with Crippen LogP contribution < -0.4 is 15.5 Å². The fourth-order valence-corrected chi connectivity index (χ4v) is 3.82. The average Bonchev–Trinajstić information content (AvgIpc) is 3.29. The summed E-state index contributed by atoms with van der Waals surface area (Å²) in [5.41, 5.74) is 1.18. The van der Waals surface area contributed by atoms with Crippen LogP contribution in [0.25, 0.3) is 0 Å². The second-order valence-electron chi connectivity index (χ2n) is 7.92. The van der Waals surface area contributed by atoms with Gasteiger partial charge < -0.3 is 15.5 Å². The molecule has 0 saturated carbocycles. The van der Waals surface area contributed by atoms with Crippen molar-refractivity contribution in [1.82, 2.24) is 20.5 Å². The van der Waals surface area contributed by atoms with E-state index >= 15 is 0 Å². The average molecular weight is 359 g/mol. The summed E-state index contributed by atoms with van der Waals surface area (Å²) in [5.74, 6) is 2.59. The third kappa shape index (κ3) is 4.67. The van der Waals surface area contributed by atoms with E-state index in [1.165, 1.54) is 18.4 Å². The first kappa shape index (κ1) is 19.0. The molecule has 6 heteroatoms. The normalized spacial score (nSPS) is 24.5. The van der Waals surface area contributed by atoms with Gasteiger partial charge in [0.05, 0.1) is 0 Å². The Kier molecular flexibility index (Phi) is 6.35. The van der Waals surface area contributed by atoms with Crippen LogP contribution in [0.5, 0.6) is 0 Å². The molecule has 1 aromatic heterocycles. The Morgan fingerprint density at radius 3 is 2.62 bits per heavy atom. The van der Waals surface area contributed by atoms with Crippen LogP contribution >= 0.6 is 0 Å². The summed E-state index contributed by atoms with van der Waals surface area (Å²) < 4.78 is 0. The first-order valence-corrected chi connectivity index (χ1v) is 9.98. The number of nitrogens with one attached hydrogen (secondary N) is 2. The maximum Gasteiger partial charge on any atom is 0.191 e. The quantitative estimate of drug-likeness (QED) is 0.623. The molecule has 2 aliphatic heterocycles. The number of anilines is 1. The van der Waals surface area contributed by atoms with Crippen molar-refractivity contribution in [1.29, 1.82) is 0 Å². The number of hydrogen-bond acceptors (Lipinski definition) is 4. The van der Waals surface area contributed by atoms with E-state index in [-0.39, 0.29) is 0 Å². The van der Waals surface area contributed by atoms with Crippen LogP contribution in [0.3, 0.4) is 0 Å². The molecule has 6 nitrogen and oxygen atoms in total. The first-order chi connectivity index (χ1) is 12.6. The molecule has 0 bridgehead atoms. The van der Waals surface area contributed by atoms with Gasteiger partial charge in [0.15, 0.2) is 5.96 Å². The molecule has 144 valence electrons. The van der Waals surface area contributed by atoms with Crippen molar-refractivity contribution >= 4 is 11.8 Å². The predicted molar refractivity (Wildman–Crippen MR) is 109 cm³/mol. The number of likely N-dealkylation sites (tertiary alicyclic amines) is 1. The molecule has 1 aromatic rings. The smallest absolute Gasteiger partial charge is 0.191 e. The molecule has 2 saturated heterocycles. The van der Waals surface area contributed by atoms with Crippen LogP contribution in [-0.4, -0.2) is 61.2 Å². The fourth-order valence-electron chi connectivity index (χ4n) is 3.82. The Labute approximate surface area is 158 Å². The molecule has 0 aliphatic carbocycles. The fraction of sp³-hybridized carbons (Fsp3) is 0.700. The van der Waals surface area contributed by atoms with Gasteiger partial charge in [-0.05, 0) is 44.2 Å². The van der Waals surface area contributed by atoms with E-state index in [1.54, 1.807) is 0 Å². The zero-order chi connectivity index (χ0) is 18.5. The van der Waals surface area contributed by atoms with Gasteiger partial charge in [-0.3, -0.25) is 9.89 Å². The summed E-state index contributed by atoms with van der Waals surface area (Å²) in [4.78, 5) is 13.9. The Bertz CT molecular complexity index is 591. The Hall–Kier alpha value is -1.82. The molecule has 0 spiro atoms. The van der Waals surface area contributed by atoms with Crippen molar-refractivity contribution in [3.8, 4) is 0 Å². The number of nitrogens with zero attached hydrogens (tertiary/aromatic N) is 4. The zero-order valence-electron chi connectivity index (χ0n) is 16.7. The molecule has 3 rings (SSSR count). The molecule has 2 aliphatic rings. The van der Waals surface area contributed by atoms with Crippen LogP contribution in [0.15, 0.2) is 23.3 Å². The van der Waals surface area contributed by atoms with E-state index in [4.69, 9.17) is 0 Å². The van der Waals surface area contributed by atoms with Crippen molar-refractivity contribution in [2.45, 2.75) is 52.2 Å². The number of hydrogen-bond donors (Lipinski definition) is 2. The molecule has 3 heterocycles. The predicted octanol–water partition coefficient (Wildman–Crippen LogP) is 2.08. The van der Waals surface area contributed by atoms with E-state index in [9.17, 15) is 0 Å². The molecular formula is C20H34N6. The Balaban J connectivity index is 1.49. The number of aliphatic imine (C=N–C) groups is 1. The summed E-state index contributed by atoms with van der Waals surface area (Å²) in [6.07, 6.45) is 4.54. The summed E-state index contributed by atoms with van der Waals surface area (Å²) in [5, 5.41) is 7.03. The van der Waals surface area contributed by atoms with Gasteiger partial charge in [0.2, 0.25) is 0 Å². The van der Waals surface area contributed by atoms with E-state index in [0.29, 0.717) is 18.0 Å². The number of aromatic nitrogens is 1. The highest BCUT2D eigenvalue weighted by Gasteiger charge is 2.31. The summed E-state index contributed by atoms with van der Waals surface area (Å²) >= 11 is 0. The van der Waals surface area contributed by atoms with Gasteiger partial charge in [-0.2, -0.15) is 0 Å². The van der Waals surface area contributed by atoms with E-state index in [0.717, 1.165) is 44.5 Å². The number of pyridine rings is 1. The van der Waals surface area contributed by atoms with Gasteiger partial charge in [-0.25, -0.2) is 4.98 Å². The molecule has 26 heavy (non-hydrogen) atoms. The Morgan fingerprint density at radius 2 is 2.04 bits per heavy atom. The van der Waals surface area contributed by atoms with Gasteiger partial charge in [0.25, 0.3) is 0 Å². The van der Waals surface area contributed by atoms with Crippen LogP contribution in [0.4, 0.5) is 5.82 Å².